The number of carboxylic acid groups (broad SMARTS) is 1. The Hall–Kier alpha value is -0.320. The summed E-state index contributed by atoms with van der Waals surface area (Å²) < 4.78 is 2.52. The number of carboxylic acids is 1. The maximum atomic E-state index is 10.1. The van der Waals surface area contributed by atoms with Gasteiger partial charge in [0.15, 0.2) is 0 Å². The Bertz CT molecular complexity index is 169. The fourth-order valence-corrected chi connectivity index (χ4v) is 1.86. The van der Waals surface area contributed by atoms with E-state index in [0.717, 1.165) is 0 Å². The van der Waals surface area contributed by atoms with Crippen molar-refractivity contribution in [1.82, 2.24) is 0 Å². The molecule has 8 heavy (non-hydrogen) atoms. The fraction of sp³-hybridized carbons (Fsp3) is 0. The molecule has 0 aromatic heterocycles. The zero-order valence-corrected chi connectivity index (χ0v) is 6.12. The summed E-state index contributed by atoms with van der Waals surface area (Å²) in [6.07, 6.45) is 3.46. The van der Waals surface area contributed by atoms with E-state index in [9.17, 15) is 4.79 Å². The van der Waals surface area contributed by atoms with E-state index < -0.39 is 5.97 Å². The third-order valence-corrected chi connectivity index (χ3v) is 2.97. The first kappa shape index (κ1) is 5.81. The van der Waals surface area contributed by atoms with Gasteiger partial charge in [-0.1, -0.05) is 0 Å². The van der Waals surface area contributed by atoms with Gasteiger partial charge in [0.2, 0.25) is 0 Å². The molecule has 0 radical (unpaired) electrons. The molecule has 0 atom stereocenters. The number of aliphatic carboxylic acids is 1. The Morgan fingerprint density at radius 1 is 1.75 bits per heavy atom. The van der Waals surface area contributed by atoms with Crippen LogP contribution in [0.25, 0.3) is 0 Å². The number of hydrogen-bond acceptors (Lipinski definition) is 1. The SMILES string of the molecule is O=C(O)C1=CC=C[I-]1. The van der Waals surface area contributed by atoms with Crippen LogP contribution in [0.3, 0.4) is 0 Å². The quantitative estimate of drug-likeness (QED) is 0.502. The van der Waals surface area contributed by atoms with Crippen molar-refractivity contribution in [2.75, 3.05) is 0 Å². The molecule has 1 aliphatic heterocycles. The zero-order valence-electron chi connectivity index (χ0n) is 3.97. The molecular formula is C5H4IO2-. The first-order valence-electron chi connectivity index (χ1n) is 2.04. The molecule has 0 aromatic carbocycles. The molecule has 0 amide bonds. The minimum atomic E-state index is -0.761. The van der Waals surface area contributed by atoms with E-state index in [4.69, 9.17) is 5.11 Å². The summed E-state index contributed by atoms with van der Waals surface area (Å²) in [4.78, 5) is 10.1. The maximum absolute atomic E-state index is 10.1. The molecule has 0 fully saturated rings. The van der Waals surface area contributed by atoms with Crippen LogP contribution in [0.4, 0.5) is 0 Å². The van der Waals surface area contributed by atoms with Crippen molar-refractivity contribution >= 4 is 5.97 Å². The molecule has 1 heterocycles. The molecule has 0 saturated heterocycles. The van der Waals surface area contributed by atoms with Crippen LogP contribution in [-0.2, 0) is 4.79 Å². The summed E-state index contributed by atoms with van der Waals surface area (Å²) in [5.41, 5.74) is 0. The normalized spacial score (nSPS) is 17.2. The predicted molar refractivity (Wildman–Crippen MR) is 24.9 cm³/mol. The average Bonchev–Trinajstić information content (AvgIpc) is 2.12. The molecule has 3 heteroatoms. The third kappa shape index (κ3) is 1.09. The number of carbonyl (C=O) groups is 1. The molecule has 0 spiro atoms. The summed E-state index contributed by atoms with van der Waals surface area (Å²) in [7, 11) is 0. The van der Waals surface area contributed by atoms with E-state index in [0.29, 0.717) is 3.58 Å². The van der Waals surface area contributed by atoms with Gasteiger partial charge in [0, 0.05) is 0 Å². The van der Waals surface area contributed by atoms with Crippen LogP contribution in [0.5, 0.6) is 0 Å². The van der Waals surface area contributed by atoms with Gasteiger partial charge >= 0.3 is 56.9 Å². The monoisotopic (exact) mass is 223 g/mol. The van der Waals surface area contributed by atoms with Gasteiger partial charge in [0.1, 0.15) is 0 Å². The number of allylic oxidation sites excluding steroid dienone is 2. The average molecular weight is 223 g/mol. The van der Waals surface area contributed by atoms with Crippen LogP contribution in [-0.4, -0.2) is 11.1 Å². The molecule has 0 bridgehead atoms. The topological polar surface area (TPSA) is 37.3 Å². The van der Waals surface area contributed by atoms with Crippen molar-refractivity contribution in [1.29, 1.82) is 0 Å². The molecule has 44 valence electrons. The van der Waals surface area contributed by atoms with Gasteiger partial charge in [-0.05, 0) is 0 Å². The van der Waals surface area contributed by atoms with Gasteiger partial charge in [-0.25, -0.2) is 0 Å². The predicted octanol–water partition coefficient (Wildman–Crippen LogP) is -2.43. The molecule has 2 nitrogen and oxygen atoms in total. The van der Waals surface area contributed by atoms with E-state index in [1.54, 1.807) is 12.2 Å². The van der Waals surface area contributed by atoms with E-state index in [2.05, 4.69) is 0 Å². The second-order valence-electron chi connectivity index (χ2n) is 1.25. The number of rotatable bonds is 1. The first-order chi connectivity index (χ1) is 3.80. The van der Waals surface area contributed by atoms with Gasteiger partial charge in [-0.2, -0.15) is 0 Å². The van der Waals surface area contributed by atoms with Gasteiger partial charge in [0.05, 0.1) is 0 Å². The molecule has 0 saturated carbocycles. The Morgan fingerprint density at radius 2 is 2.50 bits per heavy atom. The van der Waals surface area contributed by atoms with Crippen molar-refractivity contribution in [2.45, 2.75) is 0 Å². The van der Waals surface area contributed by atoms with Crippen molar-refractivity contribution in [2.24, 2.45) is 0 Å². The molecule has 1 rings (SSSR count). The number of hydrogen-bond donors (Lipinski definition) is 1. The van der Waals surface area contributed by atoms with Gasteiger partial charge in [0.25, 0.3) is 0 Å². The molecule has 0 aromatic rings. The van der Waals surface area contributed by atoms with Gasteiger partial charge in [-0.15, -0.1) is 0 Å². The Kier molecular flexibility index (Phi) is 1.67. The summed E-state index contributed by atoms with van der Waals surface area (Å²) in [6.45, 7) is 0. The van der Waals surface area contributed by atoms with Crippen molar-refractivity contribution in [3.8, 4) is 0 Å². The standard InChI is InChI=1S/C5H4IO2/c7-5(8)4-2-1-3-6-4/h1-3H,(H,7,8)/q-1. The van der Waals surface area contributed by atoms with E-state index in [1.807, 2.05) is 4.08 Å². The molecule has 1 aliphatic rings. The fourth-order valence-electron chi connectivity index (χ4n) is 0.379. The van der Waals surface area contributed by atoms with Gasteiger partial charge in [-0.3, -0.25) is 0 Å². The Labute approximate surface area is 57.2 Å². The zero-order chi connectivity index (χ0) is 5.98. The summed E-state index contributed by atoms with van der Waals surface area (Å²) in [6, 6.07) is 0. The van der Waals surface area contributed by atoms with Crippen molar-refractivity contribution < 1.29 is 31.1 Å². The van der Waals surface area contributed by atoms with Crippen LogP contribution in [0, 0.1) is 0 Å². The van der Waals surface area contributed by atoms with Gasteiger partial charge < -0.3 is 0 Å². The Morgan fingerprint density at radius 3 is 2.75 bits per heavy atom. The van der Waals surface area contributed by atoms with Crippen LogP contribution in [0.2, 0.25) is 0 Å². The summed E-state index contributed by atoms with van der Waals surface area (Å²) >= 11 is -0.283. The molecule has 1 N–H and O–H groups in total. The van der Waals surface area contributed by atoms with Crippen LogP contribution >= 0.6 is 0 Å². The van der Waals surface area contributed by atoms with Crippen LogP contribution in [0.1, 0.15) is 0 Å². The second-order valence-corrected chi connectivity index (χ2v) is 3.75. The minimum absolute atomic E-state index is 0.283. The number of halogens is 1. The third-order valence-electron chi connectivity index (χ3n) is 0.700. The molecular weight excluding hydrogens is 219 g/mol. The first-order valence-corrected chi connectivity index (χ1v) is 4.36. The Balaban J connectivity index is 2.64. The van der Waals surface area contributed by atoms with Crippen molar-refractivity contribution in [3.63, 3.8) is 0 Å². The second kappa shape index (κ2) is 2.30. The summed E-state index contributed by atoms with van der Waals surface area (Å²) in [5, 5.41) is 8.33. The van der Waals surface area contributed by atoms with E-state index >= 15 is 0 Å². The van der Waals surface area contributed by atoms with Crippen LogP contribution in [0.15, 0.2) is 19.8 Å². The van der Waals surface area contributed by atoms with E-state index in [1.165, 1.54) is 0 Å². The molecule has 0 aliphatic carbocycles. The van der Waals surface area contributed by atoms with Crippen LogP contribution < -0.4 is 21.2 Å². The molecule has 0 unspecified atom stereocenters. The summed E-state index contributed by atoms with van der Waals surface area (Å²) in [5.74, 6) is -0.761. The van der Waals surface area contributed by atoms with E-state index in [-0.39, 0.29) is 21.2 Å². The van der Waals surface area contributed by atoms with Crippen molar-refractivity contribution in [3.05, 3.63) is 19.8 Å².